The van der Waals surface area contributed by atoms with Gasteiger partial charge < -0.3 is 0 Å². The molecule has 0 spiro atoms. The van der Waals surface area contributed by atoms with Crippen molar-refractivity contribution in [3.63, 3.8) is 0 Å². The minimum atomic E-state index is -3.44. The van der Waals surface area contributed by atoms with Crippen LogP contribution in [0.3, 0.4) is 0 Å². The molecule has 1 atom stereocenters. The molecule has 0 bridgehead atoms. The number of para-hydroxylation sites is 1. The predicted molar refractivity (Wildman–Crippen MR) is 117 cm³/mol. The van der Waals surface area contributed by atoms with Crippen molar-refractivity contribution in [2.75, 3.05) is 6.26 Å². The predicted octanol–water partition coefficient (Wildman–Crippen LogP) is 4.88. The molecule has 4 rings (SSSR count). The molecule has 29 heavy (non-hydrogen) atoms. The van der Waals surface area contributed by atoms with Crippen molar-refractivity contribution in [1.82, 2.24) is 3.97 Å². The molecule has 152 valence electrons. The van der Waals surface area contributed by atoms with Gasteiger partial charge in [0, 0.05) is 28.5 Å². The molecule has 3 aromatic rings. The van der Waals surface area contributed by atoms with Gasteiger partial charge in [0.05, 0.1) is 11.8 Å². The molecular weight excluding hydrogens is 382 g/mol. The molecular formula is C24H27NO3S. The van der Waals surface area contributed by atoms with E-state index in [1.54, 1.807) is 0 Å². The second kappa shape index (κ2) is 7.13. The van der Waals surface area contributed by atoms with Crippen molar-refractivity contribution in [2.45, 2.75) is 51.4 Å². The molecule has 1 heterocycles. The van der Waals surface area contributed by atoms with Crippen LogP contribution in [0.4, 0.5) is 0 Å². The van der Waals surface area contributed by atoms with Crippen LogP contribution in [0, 0.1) is 0 Å². The summed E-state index contributed by atoms with van der Waals surface area (Å²) in [7, 11) is -3.44. The molecule has 0 amide bonds. The Balaban J connectivity index is 1.94. The molecule has 5 heteroatoms. The Morgan fingerprint density at radius 1 is 1.07 bits per heavy atom. The molecule has 2 aromatic carbocycles. The zero-order valence-corrected chi connectivity index (χ0v) is 18.1. The fraction of sp³-hybridized carbons (Fsp3) is 0.375. The van der Waals surface area contributed by atoms with E-state index in [1.165, 1.54) is 10.2 Å². The third-order valence-corrected chi connectivity index (χ3v) is 7.22. The number of Topliss-reactive ketones (excluding diaryl/α,β-unsaturated/α-hetero) is 1. The molecule has 0 unspecified atom stereocenters. The first-order valence-corrected chi connectivity index (χ1v) is 12.1. The Hall–Kier alpha value is -2.40. The van der Waals surface area contributed by atoms with Crippen LogP contribution in [0.25, 0.3) is 10.9 Å². The van der Waals surface area contributed by atoms with Crippen LogP contribution in [0.2, 0.25) is 0 Å². The Kier molecular flexibility index (Phi) is 4.89. The lowest BCUT2D eigenvalue weighted by Crippen LogP contribution is -2.23. The summed E-state index contributed by atoms with van der Waals surface area (Å²) in [6, 6.07) is 15.6. The number of fused-ring (bicyclic) bond motifs is 2. The summed E-state index contributed by atoms with van der Waals surface area (Å²) in [5, 5.41) is 0.974. The highest BCUT2D eigenvalue weighted by atomic mass is 32.2. The number of hydrogen-bond acceptors (Lipinski definition) is 3. The molecule has 4 nitrogen and oxygen atoms in total. The van der Waals surface area contributed by atoms with Crippen molar-refractivity contribution in [1.29, 1.82) is 0 Å². The van der Waals surface area contributed by atoms with Crippen molar-refractivity contribution >= 4 is 26.7 Å². The fourth-order valence-electron chi connectivity index (χ4n) is 4.85. The molecule has 1 aromatic heterocycles. The third-order valence-electron chi connectivity index (χ3n) is 6.14. The number of carbonyl (C=O) groups is 1. The molecule has 0 saturated carbocycles. The van der Waals surface area contributed by atoms with Gasteiger partial charge in [-0.15, -0.1) is 0 Å². The van der Waals surface area contributed by atoms with Gasteiger partial charge in [-0.1, -0.05) is 62.7 Å². The van der Waals surface area contributed by atoms with Crippen LogP contribution < -0.4 is 0 Å². The van der Waals surface area contributed by atoms with E-state index in [1.807, 2.05) is 48.5 Å². The lowest BCUT2D eigenvalue weighted by Gasteiger charge is -2.25. The van der Waals surface area contributed by atoms with Gasteiger partial charge >= 0.3 is 0 Å². The summed E-state index contributed by atoms with van der Waals surface area (Å²) >= 11 is 0. The van der Waals surface area contributed by atoms with Crippen LogP contribution >= 0.6 is 0 Å². The van der Waals surface area contributed by atoms with Crippen LogP contribution in [0.5, 0.6) is 0 Å². The van der Waals surface area contributed by atoms with Crippen LogP contribution in [-0.2, 0) is 28.3 Å². The van der Waals surface area contributed by atoms with Gasteiger partial charge in [0.1, 0.15) is 0 Å². The number of aromatic nitrogens is 1. The Morgan fingerprint density at radius 2 is 1.76 bits per heavy atom. The van der Waals surface area contributed by atoms with E-state index in [2.05, 4.69) is 13.8 Å². The molecule has 0 fully saturated rings. The zero-order chi connectivity index (χ0) is 20.8. The van der Waals surface area contributed by atoms with Gasteiger partial charge in [0.15, 0.2) is 5.78 Å². The van der Waals surface area contributed by atoms with Crippen molar-refractivity contribution in [3.05, 3.63) is 70.9 Å². The zero-order valence-electron chi connectivity index (χ0n) is 17.2. The highest BCUT2D eigenvalue weighted by Crippen LogP contribution is 2.43. The number of hydrogen-bond donors (Lipinski definition) is 0. The number of rotatable bonds is 6. The number of unbranched alkanes of at least 4 members (excludes halogenated alkanes) is 1. The van der Waals surface area contributed by atoms with Gasteiger partial charge in [0.2, 0.25) is 10.0 Å². The van der Waals surface area contributed by atoms with Crippen molar-refractivity contribution < 1.29 is 13.2 Å². The molecule has 1 aliphatic carbocycles. The minimum Gasteiger partial charge on any atom is -0.294 e. The highest BCUT2D eigenvalue weighted by molar-refractivity contribution is 7.89. The first-order chi connectivity index (χ1) is 13.8. The van der Waals surface area contributed by atoms with Gasteiger partial charge in [-0.3, -0.25) is 4.79 Å². The maximum absolute atomic E-state index is 12.7. The maximum atomic E-state index is 12.7. The van der Waals surface area contributed by atoms with E-state index in [-0.39, 0.29) is 11.2 Å². The Labute approximate surface area is 172 Å². The average Bonchev–Trinajstić information content (AvgIpc) is 3.12. The third kappa shape index (κ3) is 3.31. The van der Waals surface area contributed by atoms with E-state index in [9.17, 15) is 13.2 Å². The van der Waals surface area contributed by atoms with Gasteiger partial charge in [-0.2, -0.15) is 0 Å². The maximum Gasteiger partial charge on any atom is 0.236 e. The standard InChI is InChI=1S/C24H27NO3S/c1-4-5-13-22-19(17-10-7-9-14-21(17)25(22)29(3,27)28)15-24(2)16-23(26)18-11-6-8-12-20(18)24/h6-12,14H,4-5,13,15-16H2,1-3H3/t24-/m0/s1. The van der Waals surface area contributed by atoms with E-state index >= 15 is 0 Å². The summed E-state index contributed by atoms with van der Waals surface area (Å²) in [6.07, 6.45) is 5.00. The number of carbonyl (C=O) groups excluding carboxylic acids is 1. The van der Waals surface area contributed by atoms with E-state index in [0.29, 0.717) is 19.3 Å². The highest BCUT2D eigenvalue weighted by Gasteiger charge is 2.40. The number of nitrogens with zero attached hydrogens (tertiary/aromatic N) is 1. The minimum absolute atomic E-state index is 0.171. The Bertz CT molecular complexity index is 1210. The first kappa shape index (κ1) is 19.9. The second-order valence-electron chi connectivity index (χ2n) is 8.46. The van der Waals surface area contributed by atoms with Crippen LogP contribution in [0.15, 0.2) is 48.5 Å². The molecule has 0 saturated heterocycles. The van der Waals surface area contributed by atoms with Gasteiger partial charge in [0.25, 0.3) is 0 Å². The molecule has 0 N–H and O–H groups in total. The normalized spacial score (nSPS) is 19.1. The Morgan fingerprint density at radius 3 is 2.48 bits per heavy atom. The quantitative estimate of drug-likeness (QED) is 0.583. The summed E-state index contributed by atoms with van der Waals surface area (Å²) in [5.41, 5.74) is 4.21. The van der Waals surface area contributed by atoms with Crippen molar-refractivity contribution in [2.24, 2.45) is 0 Å². The number of benzene rings is 2. The average molecular weight is 410 g/mol. The van der Waals surface area contributed by atoms with Crippen molar-refractivity contribution in [3.8, 4) is 0 Å². The van der Waals surface area contributed by atoms with E-state index < -0.39 is 10.0 Å². The lowest BCUT2D eigenvalue weighted by molar-refractivity contribution is 0.0976. The van der Waals surface area contributed by atoms with Crippen LogP contribution in [0.1, 0.15) is 60.3 Å². The van der Waals surface area contributed by atoms with Gasteiger partial charge in [-0.25, -0.2) is 12.4 Å². The molecule has 0 aliphatic heterocycles. The van der Waals surface area contributed by atoms with E-state index in [0.717, 1.165) is 46.1 Å². The van der Waals surface area contributed by atoms with E-state index in [4.69, 9.17) is 0 Å². The number of ketones is 1. The summed E-state index contributed by atoms with van der Waals surface area (Å²) in [4.78, 5) is 12.7. The topological polar surface area (TPSA) is 56.1 Å². The smallest absolute Gasteiger partial charge is 0.236 e. The SMILES string of the molecule is CCCCc1c(C[C@@]2(C)CC(=O)c3ccccc32)c2ccccc2n1S(C)(=O)=O. The summed E-state index contributed by atoms with van der Waals surface area (Å²) in [5.74, 6) is 0.171. The van der Waals surface area contributed by atoms with Gasteiger partial charge in [-0.05, 0) is 36.5 Å². The lowest BCUT2D eigenvalue weighted by atomic mass is 9.77. The first-order valence-electron chi connectivity index (χ1n) is 10.2. The fourth-order valence-corrected chi connectivity index (χ4v) is 5.97. The largest absolute Gasteiger partial charge is 0.294 e. The van der Waals surface area contributed by atoms with Crippen LogP contribution in [-0.4, -0.2) is 24.4 Å². The second-order valence-corrected chi connectivity index (χ2v) is 10.3. The molecule has 0 radical (unpaired) electrons. The monoisotopic (exact) mass is 409 g/mol. The summed E-state index contributed by atoms with van der Waals surface area (Å²) < 4.78 is 27.0. The summed E-state index contributed by atoms with van der Waals surface area (Å²) in [6.45, 7) is 4.24. The molecule has 1 aliphatic rings.